The van der Waals surface area contributed by atoms with Crippen LogP contribution in [0.5, 0.6) is 0 Å². The second kappa shape index (κ2) is 8.50. The molecule has 5 nitrogen and oxygen atoms in total. The van der Waals surface area contributed by atoms with Crippen molar-refractivity contribution < 1.29 is 5.11 Å². The van der Waals surface area contributed by atoms with Gasteiger partial charge in [0.15, 0.2) is 5.82 Å². The fourth-order valence-electron chi connectivity index (χ4n) is 3.38. The van der Waals surface area contributed by atoms with E-state index in [0.29, 0.717) is 12.5 Å². The van der Waals surface area contributed by atoms with E-state index < -0.39 is 0 Å². The fraction of sp³-hybridized carbons (Fsp3) is 0.333. The summed E-state index contributed by atoms with van der Waals surface area (Å²) in [5.41, 5.74) is 3.52. The van der Waals surface area contributed by atoms with Crippen LogP contribution in [-0.2, 0) is 6.54 Å². The molecule has 1 fully saturated rings. The lowest BCUT2D eigenvalue weighted by Gasteiger charge is -2.33. The summed E-state index contributed by atoms with van der Waals surface area (Å²) in [7, 11) is 0. The molecule has 1 saturated heterocycles. The Bertz CT molecular complexity index is 842. The van der Waals surface area contributed by atoms with Gasteiger partial charge >= 0.3 is 0 Å². The molecule has 0 atom stereocenters. The van der Waals surface area contributed by atoms with Crippen molar-refractivity contribution in [2.75, 3.05) is 29.9 Å². The van der Waals surface area contributed by atoms with E-state index in [4.69, 9.17) is 0 Å². The van der Waals surface area contributed by atoms with Gasteiger partial charge in [0.25, 0.3) is 0 Å². The highest BCUT2D eigenvalue weighted by molar-refractivity contribution is 7.09. The van der Waals surface area contributed by atoms with Crippen molar-refractivity contribution in [2.45, 2.75) is 19.4 Å². The molecule has 1 aliphatic rings. The van der Waals surface area contributed by atoms with Crippen LogP contribution in [0.2, 0.25) is 0 Å². The van der Waals surface area contributed by atoms with E-state index in [9.17, 15) is 5.11 Å². The van der Waals surface area contributed by atoms with Crippen LogP contribution in [0.4, 0.5) is 10.8 Å². The predicted octanol–water partition coefficient (Wildman–Crippen LogP) is 4.03. The summed E-state index contributed by atoms with van der Waals surface area (Å²) in [5.74, 6) is 1.24. The summed E-state index contributed by atoms with van der Waals surface area (Å²) in [6, 6.07) is 18.7. The van der Waals surface area contributed by atoms with Crippen LogP contribution in [0, 0.1) is 5.92 Å². The third-order valence-electron chi connectivity index (χ3n) is 5.08. The van der Waals surface area contributed by atoms with Gasteiger partial charge in [-0.05, 0) is 36.5 Å². The molecule has 0 amide bonds. The topological polar surface area (TPSA) is 61.3 Å². The minimum Gasteiger partial charge on any atom is -0.396 e. The third-order valence-corrected chi connectivity index (χ3v) is 5.75. The van der Waals surface area contributed by atoms with Crippen molar-refractivity contribution >= 4 is 22.4 Å². The molecule has 0 spiro atoms. The Morgan fingerprint density at radius 2 is 1.78 bits per heavy atom. The number of benzene rings is 2. The van der Waals surface area contributed by atoms with Crippen molar-refractivity contribution in [3.8, 4) is 11.4 Å². The quantitative estimate of drug-likeness (QED) is 0.676. The maximum absolute atomic E-state index is 9.27. The van der Waals surface area contributed by atoms with Crippen LogP contribution in [-0.4, -0.2) is 34.2 Å². The molecule has 0 radical (unpaired) electrons. The Hall–Kier alpha value is -2.44. The molecule has 3 aromatic rings. The van der Waals surface area contributed by atoms with Gasteiger partial charge in [0.05, 0.1) is 0 Å². The molecule has 0 aliphatic carbocycles. The summed E-state index contributed by atoms with van der Waals surface area (Å²) >= 11 is 1.39. The van der Waals surface area contributed by atoms with E-state index in [1.165, 1.54) is 22.8 Å². The average Bonchev–Trinajstić information content (AvgIpc) is 3.22. The molecular weight excluding hydrogens is 356 g/mol. The molecule has 2 heterocycles. The van der Waals surface area contributed by atoms with Crippen molar-refractivity contribution in [3.63, 3.8) is 0 Å². The first kappa shape index (κ1) is 17.9. The van der Waals surface area contributed by atoms with Gasteiger partial charge in [-0.3, -0.25) is 0 Å². The van der Waals surface area contributed by atoms with Crippen molar-refractivity contribution in [1.82, 2.24) is 9.36 Å². The van der Waals surface area contributed by atoms with Gasteiger partial charge in [-0.15, -0.1) is 0 Å². The first-order valence-electron chi connectivity index (χ1n) is 9.39. The highest BCUT2D eigenvalue weighted by atomic mass is 32.1. The number of anilines is 2. The molecule has 27 heavy (non-hydrogen) atoms. The number of hydrogen-bond acceptors (Lipinski definition) is 6. The first-order valence-corrected chi connectivity index (χ1v) is 10.2. The van der Waals surface area contributed by atoms with Crippen molar-refractivity contribution in [2.24, 2.45) is 5.92 Å². The lowest BCUT2D eigenvalue weighted by Crippen LogP contribution is -2.34. The molecule has 1 aromatic heterocycles. The molecular formula is C21H24N4OS. The van der Waals surface area contributed by atoms with E-state index in [-0.39, 0.29) is 0 Å². The number of aliphatic hydroxyl groups is 1. The monoisotopic (exact) mass is 380 g/mol. The Morgan fingerprint density at radius 3 is 2.48 bits per heavy atom. The lowest BCUT2D eigenvalue weighted by molar-refractivity contribution is 0.203. The Kier molecular flexibility index (Phi) is 5.65. The second-order valence-electron chi connectivity index (χ2n) is 6.92. The summed E-state index contributed by atoms with van der Waals surface area (Å²) in [6.45, 7) is 3.10. The van der Waals surface area contributed by atoms with Crippen LogP contribution in [0.15, 0.2) is 54.6 Å². The van der Waals surface area contributed by atoms with E-state index in [1.54, 1.807) is 0 Å². The maximum Gasteiger partial charge on any atom is 0.203 e. The fourth-order valence-corrected chi connectivity index (χ4v) is 3.96. The summed E-state index contributed by atoms with van der Waals surface area (Å²) in [5, 5.41) is 13.5. The second-order valence-corrected chi connectivity index (χ2v) is 7.67. The van der Waals surface area contributed by atoms with Crippen LogP contribution in [0.25, 0.3) is 11.4 Å². The molecule has 0 saturated carbocycles. The molecule has 6 heteroatoms. The van der Waals surface area contributed by atoms with Crippen LogP contribution < -0.4 is 10.2 Å². The normalized spacial score (nSPS) is 15.1. The number of rotatable bonds is 6. The van der Waals surface area contributed by atoms with Crippen LogP contribution >= 0.6 is 11.5 Å². The molecule has 1 aliphatic heterocycles. The Balaban J connectivity index is 1.32. The van der Waals surface area contributed by atoms with Crippen LogP contribution in [0.3, 0.4) is 0 Å². The number of piperidine rings is 1. The van der Waals surface area contributed by atoms with E-state index in [0.717, 1.165) is 49.0 Å². The largest absolute Gasteiger partial charge is 0.396 e. The first-order chi connectivity index (χ1) is 13.3. The van der Waals surface area contributed by atoms with Gasteiger partial charge in [0, 0.05) is 49.0 Å². The molecule has 4 rings (SSSR count). The summed E-state index contributed by atoms with van der Waals surface area (Å²) in [4.78, 5) is 6.97. The number of aromatic nitrogens is 2. The van der Waals surface area contributed by atoms with Gasteiger partial charge in [-0.2, -0.15) is 9.36 Å². The molecule has 2 aromatic carbocycles. The zero-order chi connectivity index (χ0) is 18.5. The number of aliphatic hydroxyl groups excluding tert-OH is 1. The zero-order valence-corrected chi connectivity index (χ0v) is 16.0. The Labute approximate surface area is 163 Å². The zero-order valence-electron chi connectivity index (χ0n) is 15.2. The minimum atomic E-state index is 0.316. The standard InChI is InChI=1S/C21H24N4OS/c26-15-17-10-12-25(13-11-17)19-8-6-16(7-9-19)14-22-21-23-20(24-27-21)18-4-2-1-3-5-18/h1-9,17,26H,10-15H2,(H,22,23,24). The van der Waals surface area contributed by atoms with E-state index in [2.05, 4.69) is 43.8 Å². The summed E-state index contributed by atoms with van der Waals surface area (Å²) < 4.78 is 4.43. The SMILES string of the molecule is OCC1CCN(c2ccc(CNc3nc(-c4ccccc4)ns3)cc2)CC1. The molecule has 0 bridgehead atoms. The highest BCUT2D eigenvalue weighted by Gasteiger charge is 2.18. The third kappa shape index (κ3) is 4.46. The average molecular weight is 381 g/mol. The molecule has 140 valence electrons. The van der Waals surface area contributed by atoms with Crippen LogP contribution in [0.1, 0.15) is 18.4 Å². The van der Waals surface area contributed by atoms with E-state index in [1.807, 2.05) is 30.3 Å². The number of nitrogens with zero attached hydrogens (tertiary/aromatic N) is 3. The van der Waals surface area contributed by atoms with Crippen molar-refractivity contribution in [3.05, 3.63) is 60.2 Å². The number of hydrogen-bond donors (Lipinski definition) is 2. The van der Waals surface area contributed by atoms with Gasteiger partial charge in [-0.1, -0.05) is 42.5 Å². The van der Waals surface area contributed by atoms with E-state index >= 15 is 0 Å². The number of nitrogens with one attached hydrogen (secondary N) is 1. The molecule has 0 unspecified atom stereocenters. The van der Waals surface area contributed by atoms with Gasteiger partial charge in [0.2, 0.25) is 5.13 Å². The van der Waals surface area contributed by atoms with Gasteiger partial charge < -0.3 is 15.3 Å². The van der Waals surface area contributed by atoms with Gasteiger partial charge in [-0.25, -0.2) is 0 Å². The predicted molar refractivity (Wildman–Crippen MR) is 111 cm³/mol. The highest BCUT2D eigenvalue weighted by Crippen LogP contribution is 2.24. The van der Waals surface area contributed by atoms with Gasteiger partial charge in [0.1, 0.15) is 0 Å². The smallest absolute Gasteiger partial charge is 0.203 e. The molecule has 2 N–H and O–H groups in total. The Morgan fingerprint density at radius 1 is 1.04 bits per heavy atom. The minimum absolute atomic E-state index is 0.316. The summed E-state index contributed by atoms with van der Waals surface area (Å²) in [6.07, 6.45) is 2.14. The maximum atomic E-state index is 9.27. The van der Waals surface area contributed by atoms with Crippen molar-refractivity contribution in [1.29, 1.82) is 0 Å². The lowest BCUT2D eigenvalue weighted by atomic mass is 9.97.